The lowest BCUT2D eigenvalue weighted by Crippen LogP contribution is -2.38. The quantitative estimate of drug-likeness (QED) is 0.841. The maximum Gasteiger partial charge on any atom is 0.317 e. The van der Waals surface area contributed by atoms with E-state index < -0.39 is 0 Å². The second kappa shape index (κ2) is 8.02. The molecule has 5 heteroatoms. The number of amides is 2. The van der Waals surface area contributed by atoms with Crippen LogP contribution >= 0.6 is 15.9 Å². The first-order valence-corrected chi connectivity index (χ1v) is 8.19. The predicted octanol–water partition coefficient (Wildman–Crippen LogP) is 4.36. The van der Waals surface area contributed by atoms with Crippen molar-refractivity contribution in [2.45, 2.75) is 19.5 Å². The number of nitrogens with zero attached hydrogens (tertiary/aromatic N) is 1. The van der Waals surface area contributed by atoms with Crippen LogP contribution in [0.5, 0.6) is 5.75 Å². The first-order valence-electron chi connectivity index (χ1n) is 7.39. The number of nitrogens with one attached hydrogen (secondary N) is 1. The van der Waals surface area contributed by atoms with E-state index >= 15 is 0 Å². The number of halogens is 1. The van der Waals surface area contributed by atoms with Gasteiger partial charge in [-0.25, -0.2) is 4.79 Å². The molecule has 1 atom stereocenters. The predicted molar refractivity (Wildman–Crippen MR) is 95.5 cm³/mol. The number of methoxy groups -OCH3 is 1. The van der Waals surface area contributed by atoms with E-state index in [1.54, 1.807) is 19.1 Å². The average Bonchev–Trinajstić information content (AvgIpc) is 2.55. The molecular formula is C18H21BrN2O2. The van der Waals surface area contributed by atoms with E-state index in [9.17, 15) is 4.79 Å². The molecule has 2 aromatic carbocycles. The van der Waals surface area contributed by atoms with Gasteiger partial charge < -0.3 is 15.0 Å². The van der Waals surface area contributed by atoms with Crippen LogP contribution in [0, 0.1) is 0 Å². The summed E-state index contributed by atoms with van der Waals surface area (Å²) in [5.74, 6) is 0.791. The Kier molecular flexibility index (Phi) is 6.04. The summed E-state index contributed by atoms with van der Waals surface area (Å²) in [5.41, 5.74) is 2.09. The third-order valence-electron chi connectivity index (χ3n) is 3.61. The molecule has 2 amide bonds. The monoisotopic (exact) mass is 376 g/mol. The van der Waals surface area contributed by atoms with Crippen LogP contribution in [-0.2, 0) is 6.54 Å². The van der Waals surface area contributed by atoms with Gasteiger partial charge in [-0.3, -0.25) is 0 Å². The molecule has 0 radical (unpaired) electrons. The number of hydrogen-bond donors (Lipinski definition) is 1. The summed E-state index contributed by atoms with van der Waals surface area (Å²) in [6.07, 6.45) is 0. The Morgan fingerprint density at radius 2 is 1.96 bits per heavy atom. The molecule has 122 valence electrons. The summed E-state index contributed by atoms with van der Waals surface area (Å²) in [6, 6.07) is 15.5. The van der Waals surface area contributed by atoms with Crippen LogP contribution in [0.2, 0.25) is 0 Å². The second-order valence-corrected chi connectivity index (χ2v) is 6.35. The van der Waals surface area contributed by atoms with E-state index in [1.807, 2.05) is 55.5 Å². The van der Waals surface area contributed by atoms with Gasteiger partial charge in [0, 0.05) is 18.1 Å². The van der Waals surface area contributed by atoms with E-state index in [-0.39, 0.29) is 12.1 Å². The molecule has 0 aliphatic heterocycles. The van der Waals surface area contributed by atoms with Gasteiger partial charge in [0.25, 0.3) is 0 Å². The minimum Gasteiger partial charge on any atom is -0.497 e. The van der Waals surface area contributed by atoms with E-state index in [4.69, 9.17) is 4.74 Å². The molecule has 0 aliphatic rings. The summed E-state index contributed by atoms with van der Waals surface area (Å²) in [5, 5.41) is 3.00. The molecule has 0 aliphatic carbocycles. The molecule has 4 nitrogen and oxygen atoms in total. The fourth-order valence-electron chi connectivity index (χ4n) is 2.25. The third-order valence-corrected chi connectivity index (χ3v) is 4.14. The van der Waals surface area contributed by atoms with Crippen LogP contribution in [-0.4, -0.2) is 25.1 Å². The molecule has 0 spiro atoms. The number of hydrogen-bond acceptors (Lipinski definition) is 2. The molecule has 0 saturated carbocycles. The minimum atomic E-state index is -0.108. The number of benzene rings is 2. The lowest BCUT2D eigenvalue weighted by molar-refractivity contribution is 0.203. The molecule has 2 aromatic rings. The van der Waals surface area contributed by atoms with Gasteiger partial charge in [-0.1, -0.05) is 40.2 Å². The van der Waals surface area contributed by atoms with Crippen molar-refractivity contribution in [3.63, 3.8) is 0 Å². The van der Waals surface area contributed by atoms with E-state index in [0.717, 1.165) is 21.3 Å². The van der Waals surface area contributed by atoms with Crippen molar-refractivity contribution < 1.29 is 9.53 Å². The minimum absolute atomic E-state index is 0.0524. The topological polar surface area (TPSA) is 41.6 Å². The first kappa shape index (κ1) is 17.3. The van der Waals surface area contributed by atoms with Crippen molar-refractivity contribution in [2.75, 3.05) is 14.2 Å². The van der Waals surface area contributed by atoms with Gasteiger partial charge in [0.05, 0.1) is 13.2 Å². The standard InChI is InChI=1S/C18H21BrN2O2/c1-13(15-7-9-16(19)10-8-15)20-18(22)21(2)12-14-5-4-6-17(11-14)23-3/h4-11,13H,12H2,1-3H3,(H,20,22). The van der Waals surface area contributed by atoms with Crippen LogP contribution in [0.3, 0.4) is 0 Å². The van der Waals surface area contributed by atoms with Crippen molar-refractivity contribution in [3.8, 4) is 5.75 Å². The van der Waals surface area contributed by atoms with Gasteiger partial charge in [0.2, 0.25) is 0 Å². The first-order chi connectivity index (χ1) is 11.0. The molecule has 0 saturated heterocycles. The van der Waals surface area contributed by atoms with Crippen LogP contribution in [0.4, 0.5) is 4.79 Å². The van der Waals surface area contributed by atoms with Crippen molar-refractivity contribution in [2.24, 2.45) is 0 Å². The fourth-order valence-corrected chi connectivity index (χ4v) is 2.51. The van der Waals surface area contributed by atoms with E-state index in [2.05, 4.69) is 21.2 Å². The maximum atomic E-state index is 12.3. The summed E-state index contributed by atoms with van der Waals surface area (Å²) in [6.45, 7) is 2.50. The van der Waals surface area contributed by atoms with Gasteiger partial charge in [0.15, 0.2) is 0 Å². The second-order valence-electron chi connectivity index (χ2n) is 5.43. The van der Waals surface area contributed by atoms with Crippen molar-refractivity contribution in [1.82, 2.24) is 10.2 Å². The number of carbonyl (C=O) groups excluding carboxylic acids is 1. The van der Waals surface area contributed by atoms with Gasteiger partial charge in [-0.15, -0.1) is 0 Å². The van der Waals surface area contributed by atoms with E-state index in [1.165, 1.54) is 0 Å². The molecular weight excluding hydrogens is 356 g/mol. The molecule has 0 heterocycles. The lowest BCUT2D eigenvalue weighted by Gasteiger charge is -2.22. The highest BCUT2D eigenvalue weighted by atomic mass is 79.9. The Bertz CT molecular complexity index is 658. The van der Waals surface area contributed by atoms with Gasteiger partial charge >= 0.3 is 6.03 Å². The van der Waals surface area contributed by atoms with Gasteiger partial charge in [-0.05, 0) is 42.3 Å². The fraction of sp³-hybridized carbons (Fsp3) is 0.278. The molecule has 0 fully saturated rings. The number of carbonyl (C=O) groups is 1. The summed E-state index contributed by atoms with van der Waals surface area (Å²) < 4.78 is 6.23. The molecule has 0 bridgehead atoms. The summed E-state index contributed by atoms with van der Waals surface area (Å²) in [7, 11) is 3.42. The Morgan fingerprint density at radius 3 is 2.61 bits per heavy atom. The largest absolute Gasteiger partial charge is 0.497 e. The highest BCUT2D eigenvalue weighted by molar-refractivity contribution is 9.10. The smallest absolute Gasteiger partial charge is 0.317 e. The molecule has 1 unspecified atom stereocenters. The Hall–Kier alpha value is -2.01. The van der Waals surface area contributed by atoms with Gasteiger partial charge in [-0.2, -0.15) is 0 Å². The SMILES string of the molecule is COc1cccc(CN(C)C(=O)NC(C)c2ccc(Br)cc2)c1. The van der Waals surface area contributed by atoms with Crippen molar-refractivity contribution in [3.05, 3.63) is 64.1 Å². The van der Waals surface area contributed by atoms with Crippen LogP contribution in [0.15, 0.2) is 53.0 Å². The normalized spacial score (nSPS) is 11.7. The Labute approximate surface area is 145 Å². The van der Waals surface area contributed by atoms with Crippen LogP contribution in [0.1, 0.15) is 24.1 Å². The van der Waals surface area contributed by atoms with Crippen molar-refractivity contribution in [1.29, 1.82) is 0 Å². The number of ether oxygens (including phenoxy) is 1. The summed E-state index contributed by atoms with van der Waals surface area (Å²) in [4.78, 5) is 14.0. The number of rotatable bonds is 5. The highest BCUT2D eigenvalue weighted by Crippen LogP contribution is 2.17. The van der Waals surface area contributed by atoms with Gasteiger partial charge in [0.1, 0.15) is 5.75 Å². The Balaban J connectivity index is 1.95. The third kappa shape index (κ3) is 4.99. The molecule has 23 heavy (non-hydrogen) atoms. The molecule has 0 aromatic heterocycles. The maximum absolute atomic E-state index is 12.3. The van der Waals surface area contributed by atoms with Crippen molar-refractivity contribution >= 4 is 22.0 Å². The Morgan fingerprint density at radius 1 is 1.26 bits per heavy atom. The summed E-state index contributed by atoms with van der Waals surface area (Å²) >= 11 is 3.41. The average molecular weight is 377 g/mol. The van der Waals surface area contributed by atoms with E-state index in [0.29, 0.717) is 6.54 Å². The zero-order valence-corrected chi connectivity index (χ0v) is 15.1. The van der Waals surface area contributed by atoms with Crippen LogP contribution < -0.4 is 10.1 Å². The molecule has 1 N–H and O–H groups in total. The zero-order chi connectivity index (χ0) is 16.8. The molecule has 2 rings (SSSR count). The zero-order valence-electron chi connectivity index (χ0n) is 13.5. The highest BCUT2D eigenvalue weighted by Gasteiger charge is 2.13. The lowest BCUT2D eigenvalue weighted by atomic mass is 10.1. The number of urea groups is 1. The van der Waals surface area contributed by atoms with Crippen LogP contribution in [0.25, 0.3) is 0 Å².